The molecule has 2 aromatic heterocycles. The largest absolute Gasteiger partial charge is 0.459 e. The molecule has 3 heterocycles. The van der Waals surface area contributed by atoms with Gasteiger partial charge in [-0.1, -0.05) is 37.3 Å². The minimum atomic E-state index is -0.690. The third-order valence-electron chi connectivity index (χ3n) is 6.07. The van der Waals surface area contributed by atoms with Crippen molar-refractivity contribution in [2.24, 2.45) is 0 Å². The third-order valence-corrected chi connectivity index (χ3v) is 7.17. The number of esters is 1. The summed E-state index contributed by atoms with van der Waals surface area (Å²) in [6, 6.07) is 8.91. The average molecular weight is 440 g/mol. The van der Waals surface area contributed by atoms with Crippen LogP contribution < -0.4 is 5.56 Å². The molecule has 0 N–H and O–H groups in total. The van der Waals surface area contributed by atoms with Gasteiger partial charge in [-0.15, -0.1) is 11.3 Å². The number of aryl methyl sites for hydroxylation is 2. The van der Waals surface area contributed by atoms with Gasteiger partial charge in [0.1, 0.15) is 23.3 Å². The van der Waals surface area contributed by atoms with Crippen molar-refractivity contribution in [3.05, 3.63) is 62.5 Å². The van der Waals surface area contributed by atoms with Gasteiger partial charge in [-0.2, -0.15) is 0 Å². The van der Waals surface area contributed by atoms with Crippen LogP contribution in [0.4, 0.5) is 0 Å². The van der Waals surface area contributed by atoms with Crippen molar-refractivity contribution in [1.82, 2.24) is 14.5 Å². The molecule has 31 heavy (non-hydrogen) atoms. The second-order valence-electron chi connectivity index (χ2n) is 8.17. The standard InChI is InChI=1S/C24H29N3O3S/c1-4-19(24(29)30-15-18-10-6-5-7-11-18)27-20(14-26-12-8-9-13-26)25-22-21(23(27)28)16(2)17(3)31-22/h5-7,10-11,19H,4,8-9,12-15H2,1-3H3. The number of hydrogen-bond donors (Lipinski definition) is 0. The molecule has 0 spiro atoms. The van der Waals surface area contributed by atoms with Crippen molar-refractivity contribution in [3.8, 4) is 0 Å². The number of carbonyl (C=O) groups excluding carboxylic acids is 1. The molecule has 1 fully saturated rings. The van der Waals surface area contributed by atoms with Gasteiger partial charge in [0, 0.05) is 4.88 Å². The second kappa shape index (κ2) is 9.32. The number of hydrogen-bond acceptors (Lipinski definition) is 6. The Morgan fingerprint density at radius 1 is 1.19 bits per heavy atom. The molecule has 0 aliphatic carbocycles. The van der Waals surface area contributed by atoms with Crippen LogP contribution in [0.25, 0.3) is 10.2 Å². The van der Waals surface area contributed by atoms with E-state index in [-0.39, 0.29) is 18.1 Å². The minimum Gasteiger partial charge on any atom is -0.459 e. The van der Waals surface area contributed by atoms with E-state index in [0.717, 1.165) is 46.8 Å². The van der Waals surface area contributed by atoms with Gasteiger partial charge < -0.3 is 4.74 Å². The van der Waals surface area contributed by atoms with E-state index in [1.807, 2.05) is 51.1 Å². The quantitative estimate of drug-likeness (QED) is 0.512. The zero-order valence-electron chi connectivity index (χ0n) is 18.4. The molecule has 3 aromatic rings. The van der Waals surface area contributed by atoms with E-state index in [9.17, 15) is 9.59 Å². The monoisotopic (exact) mass is 439 g/mol. The Morgan fingerprint density at radius 3 is 2.58 bits per heavy atom. The van der Waals surface area contributed by atoms with Crippen LogP contribution in [0.15, 0.2) is 35.1 Å². The smallest absolute Gasteiger partial charge is 0.329 e. The number of fused-ring (bicyclic) bond motifs is 1. The predicted octanol–water partition coefficient (Wildman–Crippen LogP) is 4.37. The van der Waals surface area contributed by atoms with Crippen LogP contribution in [-0.2, 0) is 22.7 Å². The lowest BCUT2D eigenvalue weighted by Gasteiger charge is -2.23. The van der Waals surface area contributed by atoms with Gasteiger partial charge in [0.15, 0.2) is 0 Å². The van der Waals surface area contributed by atoms with E-state index < -0.39 is 6.04 Å². The molecule has 1 atom stereocenters. The normalized spacial score (nSPS) is 15.5. The van der Waals surface area contributed by atoms with Crippen molar-refractivity contribution in [2.75, 3.05) is 13.1 Å². The van der Waals surface area contributed by atoms with Crippen LogP contribution in [0.1, 0.15) is 54.1 Å². The molecule has 4 rings (SSSR count). The van der Waals surface area contributed by atoms with Crippen LogP contribution >= 0.6 is 11.3 Å². The Balaban J connectivity index is 1.72. The summed E-state index contributed by atoms with van der Waals surface area (Å²) >= 11 is 1.55. The van der Waals surface area contributed by atoms with E-state index in [0.29, 0.717) is 24.2 Å². The van der Waals surface area contributed by atoms with Crippen molar-refractivity contribution in [3.63, 3.8) is 0 Å². The van der Waals surface area contributed by atoms with E-state index in [1.54, 1.807) is 15.9 Å². The van der Waals surface area contributed by atoms with Crippen LogP contribution in [0.2, 0.25) is 0 Å². The summed E-state index contributed by atoms with van der Waals surface area (Å²) in [6.45, 7) is 8.63. The zero-order valence-corrected chi connectivity index (χ0v) is 19.2. The van der Waals surface area contributed by atoms with E-state index in [1.165, 1.54) is 0 Å². The van der Waals surface area contributed by atoms with Gasteiger partial charge >= 0.3 is 5.97 Å². The maximum absolute atomic E-state index is 13.6. The molecule has 0 amide bonds. The van der Waals surface area contributed by atoms with Crippen LogP contribution in [-0.4, -0.2) is 33.5 Å². The lowest BCUT2D eigenvalue weighted by Crippen LogP contribution is -2.36. The van der Waals surface area contributed by atoms with Crippen molar-refractivity contribution < 1.29 is 9.53 Å². The molecule has 1 aliphatic rings. The number of carbonyl (C=O) groups is 1. The van der Waals surface area contributed by atoms with Gasteiger partial charge in [0.2, 0.25) is 0 Å². The van der Waals surface area contributed by atoms with E-state index in [4.69, 9.17) is 9.72 Å². The summed E-state index contributed by atoms with van der Waals surface area (Å²) in [5.74, 6) is 0.269. The molecular weight excluding hydrogens is 410 g/mol. The van der Waals surface area contributed by atoms with Crippen LogP contribution in [0.5, 0.6) is 0 Å². The average Bonchev–Trinajstić information content (AvgIpc) is 3.37. The first-order chi connectivity index (χ1) is 15.0. The Labute approximate surface area is 186 Å². The van der Waals surface area contributed by atoms with Gasteiger partial charge in [-0.3, -0.25) is 14.3 Å². The number of rotatable bonds is 7. The third kappa shape index (κ3) is 4.43. The van der Waals surface area contributed by atoms with Crippen molar-refractivity contribution >= 4 is 27.5 Å². The summed E-state index contributed by atoms with van der Waals surface area (Å²) in [4.78, 5) is 35.8. The summed E-state index contributed by atoms with van der Waals surface area (Å²) in [5, 5.41) is 0.627. The zero-order chi connectivity index (χ0) is 22.0. The fourth-order valence-corrected chi connectivity index (χ4v) is 5.24. The Hall–Kier alpha value is -2.51. The number of likely N-dealkylation sites (tertiary alicyclic amines) is 1. The Kier molecular flexibility index (Phi) is 6.53. The first kappa shape index (κ1) is 21.7. The Morgan fingerprint density at radius 2 is 1.90 bits per heavy atom. The maximum Gasteiger partial charge on any atom is 0.329 e. The molecule has 0 saturated carbocycles. The number of thiophene rings is 1. The highest BCUT2D eigenvalue weighted by atomic mass is 32.1. The summed E-state index contributed by atoms with van der Waals surface area (Å²) in [7, 11) is 0. The van der Waals surface area contributed by atoms with E-state index in [2.05, 4.69) is 4.90 Å². The maximum atomic E-state index is 13.6. The van der Waals surface area contributed by atoms with Crippen LogP contribution in [0.3, 0.4) is 0 Å². The number of benzene rings is 1. The first-order valence-electron chi connectivity index (χ1n) is 10.9. The van der Waals surface area contributed by atoms with Gasteiger partial charge in [0.25, 0.3) is 5.56 Å². The molecule has 6 nitrogen and oxygen atoms in total. The molecule has 1 unspecified atom stereocenters. The predicted molar refractivity (Wildman–Crippen MR) is 123 cm³/mol. The molecule has 0 radical (unpaired) electrons. The molecule has 1 aromatic carbocycles. The van der Waals surface area contributed by atoms with Crippen molar-refractivity contribution in [2.45, 2.75) is 59.2 Å². The highest BCUT2D eigenvalue weighted by Gasteiger charge is 2.28. The van der Waals surface area contributed by atoms with E-state index >= 15 is 0 Å². The van der Waals surface area contributed by atoms with Crippen LogP contribution in [0, 0.1) is 13.8 Å². The highest BCUT2D eigenvalue weighted by molar-refractivity contribution is 7.18. The van der Waals surface area contributed by atoms with Gasteiger partial charge in [-0.25, -0.2) is 9.78 Å². The fraction of sp³-hybridized carbons (Fsp3) is 0.458. The lowest BCUT2D eigenvalue weighted by molar-refractivity contribution is -0.149. The molecule has 7 heteroatoms. The fourth-order valence-electron chi connectivity index (χ4n) is 4.20. The number of ether oxygens (including phenoxy) is 1. The van der Waals surface area contributed by atoms with Crippen molar-refractivity contribution in [1.29, 1.82) is 0 Å². The topological polar surface area (TPSA) is 64.4 Å². The summed E-state index contributed by atoms with van der Waals surface area (Å²) in [6.07, 6.45) is 2.77. The summed E-state index contributed by atoms with van der Waals surface area (Å²) < 4.78 is 7.23. The molecular formula is C24H29N3O3S. The highest BCUT2D eigenvalue weighted by Crippen LogP contribution is 2.28. The lowest BCUT2D eigenvalue weighted by atomic mass is 10.1. The summed E-state index contributed by atoms with van der Waals surface area (Å²) in [5.41, 5.74) is 1.74. The first-order valence-corrected chi connectivity index (χ1v) is 11.7. The Bertz CT molecular complexity index is 1130. The molecule has 0 bridgehead atoms. The molecule has 164 valence electrons. The van der Waals surface area contributed by atoms with Gasteiger partial charge in [0.05, 0.1) is 11.9 Å². The molecule has 1 aliphatic heterocycles. The number of nitrogens with zero attached hydrogens (tertiary/aromatic N) is 3. The molecule has 1 saturated heterocycles. The van der Waals surface area contributed by atoms with Gasteiger partial charge in [-0.05, 0) is 57.3 Å². The number of aromatic nitrogens is 2. The second-order valence-corrected chi connectivity index (χ2v) is 9.37. The SMILES string of the molecule is CCC(C(=O)OCc1ccccc1)n1c(CN2CCCC2)nc2sc(C)c(C)c2c1=O. The minimum absolute atomic E-state index is 0.135.